The summed E-state index contributed by atoms with van der Waals surface area (Å²) >= 11 is 0. The first kappa shape index (κ1) is 14.3. The van der Waals surface area contributed by atoms with Crippen molar-refractivity contribution in [1.29, 1.82) is 0 Å². The summed E-state index contributed by atoms with van der Waals surface area (Å²) in [7, 11) is 0. The summed E-state index contributed by atoms with van der Waals surface area (Å²) in [5, 5.41) is 3.77. The van der Waals surface area contributed by atoms with Crippen LogP contribution in [0.3, 0.4) is 0 Å². The molecule has 3 atom stereocenters. The third-order valence-electron chi connectivity index (χ3n) is 5.15. The molecule has 0 spiro atoms. The van der Waals surface area contributed by atoms with Crippen LogP contribution in [0.15, 0.2) is 0 Å². The highest BCUT2D eigenvalue weighted by molar-refractivity contribution is 4.89. The van der Waals surface area contributed by atoms with E-state index < -0.39 is 0 Å². The van der Waals surface area contributed by atoms with E-state index >= 15 is 0 Å². The van der Waals surface area contributed by atoms with Crippen LogP contribution in [0.5, 0.6) is 0 Å². The second kappa shape index (κ2) is 6.91. The fourth-order valence-electron chi connectivity index (χ4n) is 4.01. The van der Waals surface area contributed by atoms with Gasteiger partial charge in [0, 0.05) is 12.0 Å². The summed E-state index contributed by atoms with van der Waals surface area (Å²) in [4.78, 5) is 0. The lowest BCUT2D eigenvalue weighted by Crippen LogP contribution is -2.44. The maximum absolute atomic E-state index is 5.79. The Kier molecular flexibility index (Phi) is 5.50. The highest BCUT2D eigenvalue weighted by atomic mass is 16.5. The van der Waals surface area contributed by atoms with Crippen LogP contribution in [0.2, 0.25) is 0 Å². The van der Waals surface area contributed by atoms with Crippen LogP contribution in [-0.4, -0.2) is 25.3 Å². The van der Waals surface area contributed by atoms with Gasteiger partial charge in [-0.05, 0) is 44.6 Å². The van der Waals surface area contributed by atoms with Gasteiger partial charge in [-0.25, -0.2) is 0 Å². The molecule has 3 unspecified atom stereocenters. The molecular weight excluding hydrogens is 222 g/mol. The molecule has 1 heterocycles. The van der Waals surface area contributed by atoms with E-state index in [1.165, 1.54) is 38.5 Å². The van der Waals surface area contributed by atoms with E-state index in [2.05, 4.69) is 26.1 Å². The molecule has 1 aliphatic carbocycles. The first-order chi connectivity index (χ1) is 8.74. The van der Waals surface area contributed by atoms with Gasteiger partial charge in [-0.3, -0.25) is 0 Å². The van der Waals surface area contributed by atoms with Gasteiger partial charge in [0.25, 0.3) is 0 Å². The molecule has 2 nitrogen and oxygen atoms in total. The van der Waals surface area contributed by atoms with Crippen molar-refractivity contribution in [3.63, 3.8) is 0 Å². The molecule has 0 radical (unpaired) electrons. The molecular formula is C16H31NO. The third-order valence-corrected chi connectivity index (χ3v) is 5.15. The summed E-state index contributed by atoms with van der Waals surface area (Å²) in [5.41, 5.74) is 0. The SMILES string of the molecule is CCNC(C1CCC(CC)CC1)C1COC(C)C1. The molecule has 0 aromatic carbocycles. The maximum atomic E-state index is 5.79. The van der Waals surface area contributed by atoms with E-state index in [0.717, 1.165) is 30.9 Å². The lowest BCUT2D eigenvalue weighted by molar-refractivity contribution is 0.108. The third kappa shape index (κ3) is 3.48. The Morgan fingerprint density at radius 2 is 1.83 bits per heavy atom. The van der Waals surface area contributed by atoms with E-state index in [9.17, 15) is 0 Å². The Morgan fingerprint density at radius 1 is 1.11 bits per heavy atom. The van der Waals surface area contributed by atoms with Crippen LogP contribution in [0.25, 0.3) is 0 Å². The van der Waals surface area contributed by atoms with Crippen LogP contribution >= 0.6 is 0 Å². The van der Waals surface area contributed by atoms with E-state index in [1.54, 1.807) is 0 Å². The first-order valence-electron chi connectivity index (χ1n) is 8.09. The van der Waals surface area contributed by atoms with Crippen molar-refractivity contribution in [3.8, 4) is 0 Å². The van der Waals surface area contributed by atoms with Crippen LogP contribution in [0.4, 0.5) is 0 Å². The predicted molar refractivity (Wildman–Crippen MR) is 76.7 cm³/mol. The standard InChI is InChI=1S/C16H31NO/c1-4-13-6-8-14(9-7-13)16(17-5-2)15-10-12(3)18-11-15/h12-17H,4-11H2,1-3H3. The second-order valence-electron chi connectivity index (χ2n) is 6.41. The lowest BCUT2D eigenvalue weighted by Gasteiger charge is -2.36. The molecule has 0 bridgehead atoms. The van der Waals surface area contributed by atoms with Crippen LogP contribution in [0, 0.1) is 17.8 Å². The summed E-state index contributed by atoms with van der Waals surface area (Å²) < 4.78 is 5.79. The minimum Gasteiger partial charge on any atom is -0.378 e. The highest BCUT2D eigenvalue weighted by Gasteiger charge is 2.35. The Labute approximate surface area is 113 Å². The van der Waals surface area contributed by atoms with E-state index in [-0.39, 0.29) is 0 Å². The average molecular weight is 253 g/mol. The number of rotatable bonds is 5. The van der Waals surface area contributed by atoms with Gasteiger partial charge in [0.05, 0.1) is 12.7 Å². The summed E-state index contributed by atoms with van der Waals surface area (Å²) in [5.74, 6) is 2.65. The summed E-state index contributed by atoms with van der Waals surface area (Å²) in [6.45, 7) is 8.88. The van der Waals surface area contributed by atoms with Gasteiger partial charge >= 0.3 is 0 Å². The van der Waals surface area contributed by atoms with Crippen LogP contribution < -0.4 is 5.32 Å². The van der Waals surface area contributed by atoms with E-state index in [1.807, 2.05) is 0 Å². The second-order valence-corrected chi connectivity index (χ2v) is 6.41. The van der Waals surface area contributed by atoms with Crippen LogP contribution in [-0.2, 0) is 4.74 Å². The van der Waals surface area contributed by atoms with Crippen molar-refractivity contribution in [1.82, 2.24) is 5.32 Å². The predicted octanol–water partition coefficient (Wildman–Crippen LogP) is 3.61. The van der Waals surface area contributed by atoms with Crippen molar-refractivity contribution < 1.29 is 4.74 Å². The van der Waals surface area contributed by atoms with Crippen LogP contribution in [0.1, 0.15) is 59.3 Å². The Morgan fingerprint density at radius 3 is 2.33 bits per heavy atom. The fraction of sp³-hybridized carbons (Fsp3) is 1.00. The quantitative estimate of drug-likeness (QED) is 0.808. The van der Waals surface area contributed by atoms with Gasteiger partial charge in [-0.1, -0.05) is 33.1 Å². The molecule has 18 heavy (non-hydrogen) atoms. The first-order valence-corrected chi connectivity index (χ1v) is 8.09. The molecule has 1 N–H and O–H groups in total. The Bertz CT molecular complexity index is 235. The van der Waals surface area contributed by atoms with Gasteiger partial charge in [-0.15, -0.1) is 0 Å². The van der Waals surface area contributed by atoms with Crippen molar-refractivity contribution in [2.75, 3.05) is 13.2 Å². The molecule has 1 aliphatic heterocycles. The normalized spacial score (nSPS) is 38.8. The van der Waals surface area contributed by atoms with Gasteiger partial charge < -0.3 is 10.1 Å². The Balaban J connectivity index is 1.89. The van der Waals surface area contributed by atoms with Crippen molar-refractivity contribution in [2.24, 2.45) is 17.8 Å². The molecule has 106 valence electrons. The molecule has 0 aromatic heterocycles. The van der Waals surface area contributed by atoms with E-state index in [0.29, 0.717) is 12.1 Å². The monoisotopic (exact) mass is 253 g/mol. The molecule has 2 aliphatic rings. The number of hydrogen-bond acceptors (Lipinski definition) is 2. The summed E-state index contributed by atoms with van der Waals surface area (Å²) in [6.07, 6.45) is 8.87. The average Bonchev–Trinajstić information content (AvgIpc) is 2.82. The minimum atomic E-state index is 0.475. The summed E-state index contributed by atoms with van der Waals surface area (Å²) in [6, 6.07) is 0.706. The number of hydrogen-bond donors (Lipinski definition) is 1. The zero-order chi connectivity index (χ0) is 13.0. The van der Waals surface area contributed by atoms with Gasteiger partial charge in [0.15, 0.2) is 0 Å². The number of ether oxygens (including phenoxy) is 1. The highest BCUT2D eigenvalue weighted by Crippen LogP contribution is 2.36. The molecule has 1 saturated carbocycles. The van der Waals surface area contributed by atoms with Crippen molar-refractivity contribution in [3.05, 3.63) is 0 Å². The number of nitrogens with one attached hydrogen (secondary N) is 1. The van der Waals surface area contributed by atoms with Crippen molar-refractivity contribution >= 4 is 0 Å². The zero-order valence-corrected chi connectivity index (χ0v) is 12.5. The smallest absolute Gasteiger partial charge is 0.0551 e. The zero-order valence-electron chi connectivity index (χ0n) is 12.5. The molecule has 1 saturated heterocycles. The minimum absolute atomic E-state index is 0.475. The van der Waals surface area contributed by atoms with Gasteiger partial charge in [0.1, 0.15) is 0 Å². The molecule has 2 heteroatoms. The largest absolute Gasteiger partial charge is 0.378 e. The molecule has 2 fully saturated rings. The van der Waals surface area contributed by atoms with E-state index in [4.69, 9.17) is 4.74 Å². The Hall–Kier alpha value is -0.0800. The van der Waals surface area contributed by atoms with Gasteiger partial charge in [-0.2, -0.15) is 0 Å². The molecule has 0 amide bonds. The maximum Gasteiger partial charge on any atom is 0.0551 e. The fourth-order valence-corrected chi connectivity index (χ4v) is 4.01. The topological polar surface area (TPSA) is 21.3 Å². The molecule has 0 aromatic rings. The lowest BCUT2D eigenvalue weighted by atomic mass is 9.74. The van der Waals surface area contributed by atoms with Crippen molar-refractivity contribution in [2.45, 2.75) is 71.4 Å². The van der Waals surface area contributed by atoms with Gasteiger partial charge in [0.2, 0.25) is 0 Å². The molecule has 2 rings (SSSR count).